The summed E-state index contributed by atoms with van der Waals surface area (Å²) in [6.45, 7) is 3.79. The largest absolute Gasteiger partial charge is 0.490 e. The number of hydrogen-bond donors (Lipinski definition) is 0. The number of carbonyl (C=O) groups is 1. The maximum absolute atomic E-state index is 13.5. The third-order valence-corrected chi connectivity index (χ3v) is 6.60. The first-order valence-corrected chi connectivity index (χ1v) is 12.9. The van der Waals surface area contributed by atoms with E-state index in [1.807, 2.05) is 43.3 Å². The second kappa shape index (κ2) is 11.1. The number of esters is 1. The number of rotatable bonds is 8. The number of furan rings is 1. The predicted molar refractivity (Wildman–Crippen MR) is 152 cm³/mol. The summed E-state index contributed by atoms with van der Waals surface area (Å²) >= 11 is 3.53. The summed E-state index contributed by atoms with van der Waals surface area (Å²) < 4.78 is 24.1. The number of para-hydroxylation sites is 2. The molecule has 9 nitrogen and oxygen atoms in total. The molecule has 5 aromatic rings. The summed E-state index contributed by atoms with van der Waals surface area (Å²) in [7, 11) is 1.30. The molecule has 3 aromatic carbocycles. The molecule has 0 unspecified atom stereocenters. The molecular formula is C29H24BrN3O6. The number of halogens is 1. The van der Waals surface area contributed by atoms with Crippen molar-refractivity contribution >= 4 is 50.0 Å². The van der Waals surface area contributed by atoms with Crippen molar-refractivity contribution in [1.29, 1.82) is 0 Å². The van der Waals surface area contributed by atoms with Gasteiger partial charge in [-0.1, -0.05) is 30.3 Å². The Bertz CT molecular complexity index is 1740. The number of nitrogens with zero attached hydrogens (tertiary/aromatic N) is 3. The molecule has 1 atom stereocenters. The minimum atomic E-state index is -0.839. The van der Waals surface area contributed by atoms with Crippen molar-refractivity contribution in [3.8, 4) is 23.1 Å². The molecule has 0 aliphatic heterocycles. The van der Waals surface area contributed by atoms with Gasteiger partial charge in [-0.2, -0.15) is 9.78 Å². The van der Waals surface area contributed by atoms with Crippen LogP contribution in [-0.4, -0.2) is 41.7 Å². The molecule has 0 aliphatic carbocycles. The fraction of sp³-hybridized carbons (Fsp3) is 0.172. The lowest BCUT2D eigenvalue weighted by molar-refractivity contribution is -0.147. The van der Waals surface area contributed by atoms with Gasteiger partial charge in [-0.3, -0.25) is 4.79 Å². The number of benzene rings is 3. The van der Waals surface area contributed by atoms with Gasteiger partial charge in [0.15, 0.2) is 23.4 Å². The minimum Gasteiger partial charge on any atom is -0.490 e. The normalized spacial score (nSPS) is 12.2. The Labute approximate surface area is 231 Å². The first-order chi connectivity index (χ1) is 18.9. The molecule has 0 saturated carbocycles. The van der Waals surface area contributed by atoms with E-state index in [1.54, 1.807) is 37.3 Å². The molecule has 0 spiro atoms. The molecular weight excluding hydrogens is 566 g/mol. The highest BCUT2D eigenvalue weighted by Crippen LogP contribution is 2.34. The molecule has 39 heavy (non-hydrogen) atoms. The molecule has 0 amide bonds. The van der Waals surface area contributed by atoms with Gasteiger partial charge in [-0.05, 0) is 66.2 Å². The number of methoxy groups -OCH3 is 1. The molecule has 0 bridgehead atoms. The van der Waals surface area contributed by atoms with E-state index >= 15 is 0 Å². The Morgan fingerprint density at radius 1 is 1.13 bits per heavy atom. The Morgan fingerprint density at radius 3 is 2.67 bits per heavy atom. The summed E-state index contributed by atoms with van der Waals surface area (Å²) in [5.74, 6) is 0.913. The van der Waals surface area contributed by atoms with Crippen molar-refractivity contribution in [2.24, 2.45) is 5.10 Å². The van der Waals surface area contributed by atoms with Gasteiger partial charge in [0.1, 0.15) is 5.58 Å². The van der Waals surface area contributed by atoms with E-state index in [2.05, 4.69) is 21.0 Å². The number of carbonyl (C=O) groups excluding carboxylic acids is 1. The van der Waals surface area contributed by atoms with Gasteiger partial charge < -0.3 is 18.6 Å². The first kappa shape index (κ1) is 26.2. The second-order valence-corrected chi connectivity index (χ2v) is 9.35. The zero-order valence-electron chi connectivity index (χ0n) is 21.4. The van der Waals surface area contributed by atoms with Crippen LogP contribution in [0.15, 0.2) is 85.5 Å². The van der Waals surface area contributed by atoms with Crippen LogP contribution in [0, 0.1) is 0 Å². The molecule has 0 fully saturated rings. The van der Waals surface area contributed by atoms with Crippen molar-refractivity contribution < 1.29 is 23.4 Å². The molecule has 10 heteroatoms. The first-order valence-electron chi connectivity index (χ1n) is 12.2. The lowest BCUT2D eigenvalue weighted by Gasteiger charge is -2.17. The van der Waals surface area contributed by atoms with E-state index in [-0.39, 0.29) is 11.4 Å². The highest BCUT2D eigenvalue weighted by Gasteiger charge is 2.20. The molecule has 2 aromatic heterocycles. The minimum absolute atomic E-state index is 0.263. The standard InChI is InChI=1S/C29H24BrN3O6/c1-4-37-24-14-19(21(30)15-25(24)38-17(2)29(35)36-3)16-31-33-27(26-13-18-9-5-8-12-23(18)39-26)32-22-11-7-6-10-20(22)28(33)34/h5-17H,4H2,1-3H3/t17-/m0/s1. The van der Waals surface area contributed by atoms with E-state index < -0.39 is 12.1 Å². The maximum Gasteiger partial charge on any atom is 0.346 e. The van der Waals surface area contributed by atoms with Gasteiger partial charge in [-0.25, -0.2) is 9.78 Å². The van der Waals surface area contributed by atoms with Crippen molar-refractivity contribution in [2.45, 2.75) is 20.0 Å². The van der Waals surface area contributed by atoms with E-state index in [9.17, 15) is 9.59 Å². The third-order valence-electron chi connectivity index (χ3n) is 5.91. The van der Waals surface area contributed by atoms with Crippen LogP contribution in [0.5, 0.6) is 11.5 Å². The van der Waals surface area contributed by atoms with Gasteiger partial charge in [-0.15, -0.1) is 0 Å². The van der Waals surface area contributed by atoms with E-state index in [4.69, 9.17) is 23.6 Å². The van der Waals surface area contributed by atoms with Crippen LogP contribution < -0.4 is 15.0 Å². The monoisotopic (exact) mass is 589 g/mol. The molecule has 0 N–H and O–H groups in total. The predicted octanol–water partition coefficient (Wildman–Crippen LogP) is 5.79. The lowest BCUT2D eigenvalue weighted by Crippen LogP contribution is -2.25. The van der Waals surface area contributed by atoms with Gasteiger partial charge in [0.2, 0.25) is 5.82 Å². The Hall–Kier alpha value is -4.44. The van der Waals surface area contributed by atoms with Gasteiger partial charge in [0.25, 0.3) is 5.56 Å². The van der Waals surface area contributed by atoms with E-state index in [0.717, 1.165) is 5.39 Å². The summed E-state index contributed by atoms with van der Waals surface area (Å²) in [5.41, 5.74) is 1.46. The van der Waals surface area contributed by atoms with Crippen molar-refractivity contribution in [2.75, 3.05) is 13.7 Å². The SMILES string of the molecule is CCOc1cc(C=Nn2c(-c3cc4ccccc4o3)nc3ccccc3c2=O)c(Br)cc1O[C@@H](C)C(=O)OC. The maximum atomic E-state index is 13.5. The number of fused-ring (bicyclic) bond motifs is 2. The zero-order valence-corrected chi connectivity index (χ0v) is 23.0. The molecule has 0 aliphatic rings. The molecule has 198 valence electrons. The summed E-state index contributed by atoms with van der Waals surface area (Å²) in [4.78, 5) is 30.1. The van der Waals surface area contributed by atoms with Crippen molar-refractivity contribution in [3.63, 3.8) is 0 Å². The average Bonchev–Trinajstić information content (AvgIpc) is 3.38. The molecule has 0 saturated heterocycles. The summed E-state index contributed by atoms with van der Waals surface area (Å²) in [6.07, 6.45) is 0.679. The highest BCUT2D eigenvalue weighted by molar-refractivity contribution is 9.10. The van der Waals surface area contributed by atoms with Crippen LogP contribution in [0.25, 0.3) is 33.5 Å². The fourth-order valence-electron chi connectivity index (χ4n) is 4.02. The topological polar surface area (TPSA) is 105 Å². The molecule has 0 radical (unpaired) electrons. The van der Waals surface area contributed by atoms with Gasteiger partial charge in [0.05, 0.1) is 30.8 Å². The van der Waals surface area contributed by atoms with Crippen molar-refractivity contribution in [3.05, 3.63) is 87.1 Å². The summed E-state index contributed by atoms with van der Waals surface area (Å²) in [5, 5.41) is 5.82. The van der Waals surface area contributed by atoms with Gasteiger partial charge in [0, 0.05) is 15.4 Å². The number of ether oxygens (including phenoxy) is 3. The summed E-state index contributed by atoms with van der Waals surface area (Å²) in [6, 6.07) is 19.8. The van der Waals surface area contributed by atoms with Gasteiger partial charge >= 0.3 is 5.97 Å². The zero-order chi connectivity index (χ0) is 27.5. The third kappa shape index (κ3) is 5.28. The highest BCUT2D eigenvalue weighted by atomic mass is 79.9. The van der Waals surface area contributed by atoms with E-state index in [0.29, 0.717) is 50.4 Å². The van der Waals surface area contributed by atoms with E-state index in [1.165, 1.54) is 18.0 Å². The Morgan fingerprint density at radius 2 is 1.90 bits per heavy atom. The van der Waals surface area contributed by atoms with Crippen LogP contribution in [0.4, 0.5) is 0 Å². The lowest BCUT2D eigenvalue weighted by atomic mass is 10.2. The Kier molecular flexibility index (Phi) is 7.47. The molecule has 2 heterocycles. The average molecular weight is 590 g/mol. The van der Waals surface area contributed by atoms with Crippen LogP contribution in [0.3, 0.4) is 0 Å². The number of hydrogen-bond acceptors (Lipinski definition) is 8. The smallest absolute Gasteiger partial charge is 0.346 e. The number of aromatic nitrogens is 2. The second-order valence-electron chi connectivity index (χ2n) is 8.50. The van der Waals surface area contributed by atoms with Crippen molar-refractivity contribution in [1.82, 2.24) is 9.66 Å². The van der Waals surface area contributed by atoms with Crippen LogP contribution >= 0.6 is 15.9 Å². The molecule has 5 rings (SSSR count). The van der Waals surface area contributed by atoms with Crippen LogP contribution in [0.1, 0.15) is 19.4 Å². The van der Waals surface area contributed by atoms with Crippen LogP contribution in [-0.2, 0) is 9.53 Å². The quantitative estimate of drug-likeness (QED) is 0.166. The fourth-order valence-corrected chi connectivity index (χ4v) is 4.44. The van der Waals surface area contributed by atoms with Crippen LogP contribution in [0.2, 0.25) is 0 Å². The Balaban J connectivity index is 1.61.